The Kier molecular flexibility index (Phi) is 6.59. The number of nitrogens with one attached hydrogen (secondary N) is 1. The van der Waals surface area contributed by atoms with Crippen molar-refractivity contribution in [1.29, 1.82) is 0 Å². The average Bonchev–Trinajstić information content (AvgIpc) is 3.41. The number of ether oxygens (including phenoxy) is 1. The molecule has 7 heteroatoms. The molecule has 0 saturated heterocycles. The van der Waals surface area contributed by atoms with Gasteiger partial charge in [0, 0.05) is 34.0 Å². The van der Waals surface area contributed by atoms with Crippen LogP contribution < -0.4 is 5.32 Å². The molecule has 35 heavy (non-hydrogen) atoms. The highest BCUT2D eigenvalue weighted by molar-refractivity contribution is 7.13. The number of thiazole rings is 1. The van der Waals surface area contributed by atoms with Crippen molar-refractivity contribution in [2.24, 2.45) is 0 Å². The highest BCUT2D eigenvalue weighted by atomic mass is 32.1. The van der Waals surface area contributed by atoms with Crippen LogP contribution in [0.1, 0.15) is 17.3 Å². The van der Waals surface area contributed by atoms with E-state index in [0.717, 1.165) is 33.1 Å². The summed E-state index contributed by atoms with van der Waals surface area (Å²) in [6.07, 6.45) is 1.50. The molecule has 0 aliphatic carbocycles. The third kappa shape index (κ3) is 5.10. The summed E-state index contributed by atoms with van der Waals surface area (Å²) in [6.45, 7) is 2.04. The summed E-state index contributed by atoms with van der Waals surface area (Å²) in [5.41, 5.74) is 4.96. The van der Waals surface area contributed by atoms with E-state index in [1.807, 2.05) is 72.8 Å². The quantitative estimate of drug-likeness (QED) is 0.258. The van der Waals surface area contributed by atoms with E-state index in [4.69, 9.17) is 9.72 Å². The first-order valence-corrected chi connectivity index (χ1v) is 12.1. The summed E-state index contributed by atoms with van der Waals surface area (Å²) < 4.78 is 5.20. The lowest BCUT2D eigenvalue weighted by molar-refractivity contribution is 0.0526. The van der Waals surface area contributed by atoms with Gasteiger partial charge in [0.15, 0.2) is 5.82 Å². The number of benzene rings is 3. The topological polar surface area (TPSA) is 77.0 Å². The van der Waals surface area contributed by atoms with Crippen LogP contribution in [0.15, 0.2) is 96.5 Å². The fraction of sp³-hybridized carbons (Fsp3) is 0.0714. The molecule has 0 unspecified atom stereocenters. The van der Waals surface area contributed by atoms with Crippen molar-refractivity contribution in [3.8, 4) is 33.2 Å². The molecule has 2 aromatic heterocycles. The third-order valence-corrected chi connectivity index (χ3v) is 6.18. The highest BCUT2D eigenvalue weighted by Crippen LogP contribution is 2.30. The second-order valence-electron chi connectivity index (χ2n) is 7.65. The van der Waals surface area contributed by atoms with Gasteiger partial charge >= 0.3 is 5.97 Å². The molecule has 0 spiro atoms. The Bertz CT molecular complexity index is 1440. The van der Waals surface area contributed by atoms with Gasteiger partial charge in [-0.05, 0) is 19.1 Å². The van der Waals surface area contributed by atoms with Crippen LogP contribution in [0, 0.1) is 0 Å². The van der Waals surface area contributed by atoms with Gasteiger partial charge < -0.3 is 10.1 Å². The number of carbonyl (C=O) groups is 1. The van der Waals surface area contributed by atoms with Crippen molar-refractivity contribution >= 4 is 28.8 Å². The molecule has 6 nitrogen and oxygen atoms in total. The molecule has 1 N–H and O–H groups in total. The van der Waals surface area contributed by atoms with Crippen LogP contribution in [-0.2, 0) is 4.74 Å². The van der Waals surface area contributed by atoms with E-state index in [9.17, 15) is 4.79 Å². The first kappa shape index (κ1) is 22.4. The van der Waals surface area contributed by atoms with Crippen LogP contribution in [0.3, 0.4) is 0 Å². The van der Waals surface area contributed by atoms with Crippen LogP contribution in [0.4, 0.5) is 11.5 Å². The van der Waals surface area contributed by atoms with Crippen molar-refractivity contribution in [2.75, 3.05) is 11.9 Å². The largest absolute Gasteiger partial charge is 0.462 e. The highest BCUT2D eigenvalue weighted by Gasteiger charge is 2.17. The van der Waals surface area contributed by atoms with Crippen molar-refractivity contribution in [1.82, 2.24) is 15.0 Å². The lowest BCUT2D eigenvalue weighted by Crippen LogP contribution is -2.11. The van der Waals surface area contributed by atoms with E-state index >= 15 is 0 Å². The molecule has 0 radical (unpaired) electrons. The molecule has 0 amide bonds. The van der Waals surface area contributed by atoms with E-state index in [1.165, 1.54) is 6.20 Å². The molecule has 0 saturated carbocycles. The summed E-state index contributed by atoms with van der Waals surface area (Å²) in [7, 11) is 0. The molecule has 0 aliphatic rings. The van der Waals surface area contributed by atoms with Crippen LogP contribution >= 0.6 is 11.3 Å². The minimum absolute atomic E-state index is 0.270. The molecule has 0 aliphatic heterocycles. The Morgan fingerprint density at radius 3 is 2.23 bits per heavy atom. The Labute approximate surface area is 207 Å². The third-order valence-electron chi connectivity index (χ3n) is 5.28. The zero-order chi connectivity index (χ0) is 24.0. The minimum atomic E-state index is -0.470. The van der Waals surface area contributed by atoms with Gasteiger partial charge in [0.2, 0.25) is 0 Å². The van der Waals surface area contributed by atoms with E-state index < -0.39 is 5.97 Å². The maximum atomic E-state index is 12.5. The maximum Gasteiger partial charge on any atom is 0.343 e. The zero-order valence-electron chi connectivity index (χ0n) is 19.0. The number of hydrogen-bond acceptors (Lipinski definition) is 7. The SMILES string of the molecule is CCOC(=O)c1cnc(-c2ccccc2)nc1Nc1ccc(-c2csc(-c3ccccc3)n2)cc1. The Morgan fingerprint density at radius 2 is 1.54 bits per heavy atom. The van der Waals surface area contributed by atoms with E-state index in [1.54, 1.807) is 18.3 Å². The Hall–Kier alpha value is -4.36. The Balaban J connectivity index is 1.41. The monoisotopic (exact) mass is 478 g/mol. The van der Waals surface area contributed by atoms with E-state index in [-0.39, 0.29) is 12.2 Å². The van der Waals surface area contributed by atoms with Crippen molar-refractivity contribution < 1.29 is 9.53 Å². The van der Waals surface area contributed by atoms with Gasteiger partial charge in [0.05, 0.1) is 12.3 Å². The second kappa shape index (κ2) is 10.3. The van der Waals surface area contributed by atoms with Gasteiger partial charge in [-0.2, -0.15) is 0 Å². The molecule has 172 valence electrons. The summed E-state index contributed by atoms with van der Waals surface area (Å²) in [5, 5.41) is 6.30. The van der Waals surface area contributed by atoms with E-state index in [0.29, 0.717) is 11.6 Å². The smallest absolute Gasteiger partial charge is 0.343 e. The zero-order valence-corrected chi connectivity index (χ0v) is 19.8. The molecule has 0 fully saturated rings. The number of rotatable bonds is 7. The van der Waals surface area contributed by atoms with Crippen LogP contribution in [0.2, 0.25) is 0 Å². The van der Waals surface area contributed by atoms with E-state index in [2.05, 4.69) is 32.8 Å². The van der Waals surface area contributed by atoms with Gasteiger partial charge in [-0.1, -0.05) is 72.8 Å². The van der Waals surface area contributed by atoms with Gasteiger partial charge in [-0.15, -0.1) is 11.3 Å². The molecular weight excluding hydrogens is 456 g/mol. The van der Waals surface area contributed by atoms with Crippen molar-refractivity contribution in [2.45, 2.75) is 6.92 Å². The van der Waals surface area contributed by atoms with Crippen molar-refractivity contribution in [3.63, 3.8) is 0 Å². The van der Waals surface area contributed by atoms with Gasteiger partial charge in [0.1, 0.15) is 16.4 Å². The number of anilines is 2. The molecule has 0 bridgehead atoms. The second-order valence-corrected chi connectivity index (χ2v) is 8.51. The van der Waals surface area contributed by atoms with Crippen molar-refractivity contribution in [3.05, 3.63) is 102 Å². The average molecular weight is 479 g/mol. The van der Waals surface area contributed by atoms with Crippen LogP contribution in [0.5, 0.6) is 0 Å². The number of aromatic nitrogens is 3. The fourth-order valence-corrected chi connectivity index (χ4v) is 4.38. The molecule has 5 aromatic rings. The molecule has 5 rings (SSSR count). The lowest BCUT2D eigenvalue weighted by Gasteiger charge is -2.12. The van der Waals surface area contributed by atoms with Gasteiger partial charge in [0.25, 0.3) is 0 Å². The number of carbonyl (C=O) groups excluding carboxylic acids is 1. The van der Waals surface area contributed by atoms with Gasteiger partial charge in [-0.3, -0.25) is 0 Å². The normalized spacial score (nSPS) is 10.7. The number of hydrogen-bond donors (Lipinski definition) is 1. The van der Waals surface area contributed by atoms with Crippen LogP contribution in [0.25, 0.3) is 33.2 Å². The summed E-state index contributed by atoms with van der Waals surface area (Å²) >= 11 is 1.62. The predicted molar refractivity (Wildman–Crippen MR) is 140 cm³/mol. The first-order chi connectivity index (χ1) is 17.2. The molecule has 3 aromatic carbocycles. The summed E-state index contributed by atoms with van der Waals surface area (Å²) in [5.74, 6) is 0.445. The summed E-state index contributed by atoms with van der Waals surface area (Å²) in [4.78, 5) is 26.3. The standard InChI is InChI=1S/C28H22N4O2S/c1-2-34-28(33)23-17-29-25(20-9-5-3-6-10-20)32-26(23)30-22-15-13-19(14-16-22)24-18-35-27(31-24)21-11-7-4-8-12-21/h3-18H,2H2,1H3,(H,29,30,32). The number of esters is 1. The summed E-state index contributed by atoms with van der Waals surface area (Å²) in [6, 6.07) is 27.6. The predicted octanol–water partition coefficient (Wildman–Crippen LogP) is 6.85. The lowest BCUT2D eigenvalue weighted by atomic mass is 10.1. The minimum Gasteiger partial charge on any atom is -0.462 e. The van der Waals surface area contributed by atoms with Crippen LogP contribution in [-0.4, -0.2) is 27.5 Å². The maximum absolute atomic E-state index is 12.5. The molecule has 2 heterocycles. The Morgan fingerprint density at radius 1 is 0.857 bits per heavy atom. The number of nitrogens with zero attached hydrogens (tertiary/aromatic N) is 3. The molecular formula is C28H22N4O2S. The molecule has 0 atom stereocenters. The fourth-order valence-electron chi connectivity index (χ4n) is 3.54. The van der Waals surface area contributed by atoms with Gasteiger partial charge in [-0.25, -0.2) is 19.7 Å². The first-order valence-electron chi connectivity index (χ1n) is 11.2.